The minimum absolute atomic E-state index is 0.0676. The maximum absolute atomic E-state index is 13.3. The van der Waals surface area contributed by atoms with Crippen molar-refractivity contribution in [3.63, 3.8) is 0 Å². The Morgan fingerprint density at radius 2 is 1.57 bits per heavy atom. The van der Waals surface area contributed by atoms with Crippen LogP contribution in [0, 0.1) is 0 Å². The summed E-state index contributed by atoms with van der Waals surface area (Å²) in [6.07, 6.45) is 0.864. The number of aromatic nitrogens is 4. The summed E-state index contributed by atoms with van der Waals surface area (Å²) in [7, 11) is 6.38. The van der Waals surface area contributed by atoms with Gasteiger partial charge in [0.05, 0.1) is 45.4 Å². The molecule has 0 radical (unpaired) electrons. The van der Waals surface area contributed by atoms with Crippen molar-refractivity contribution >= 4 is 11.4 Å². The second-order valence-corrected chi connectivity index (χ2v) is 9.36. The summed E-state index contributed by atoms with van der Waals surface area (Å²) in [4.78, 5) is 13.3. The van der Waals surface area contributed by atoms with E-state index in [1.807, 2.05) is 36.4 Å². The van der Waals surface area contributed by atoms with Crippen LogP contribution >= 0.6 is 0 Å². The van der Waals surface area contributed by atoms with Gasteiger partial charge in [-0.15, -0.1) is 10.2 Å². The van der Waals surface area contributed by atoms with Crippen LogP contribution in [0.25, 0.3) is 16.8 Å². The summed E-state index contributed by atoms with van der Waals surface area (Å²) in [5, 5.41) is 13.8. The Kier molecular flexibility index (Phi) is 6.45. The average Bonchev–Trinajstić information content (AvgIpc) is 3.32. The van der Waals surface area contributed by atoms with Crippen LogP contribution in [0.1, 0.15) is 59.5 Å². The average molecular weight is 503 g/mol. The van der Waals surface area contributed by atoms with Crippen LogP contribution in [-0.2, 0) is 6.42 Å². The number of methoxy groups -OCH3 is 4. The van der Waals surface area contributed by atoms with Gasteiger partial charge in [0.2, 0.25) is 5.75 Å². The van der Waals surface area contributed by atoms with Gasteiger partial charge in [0.25, 0.3) is 0 Å². The first kappa shape index (κ1) is 24.5. The van der Waals surface area contributed by atoms with Crippen LogP contribution in [0.2, 0.25) is 0 Å². The lowest BCUT2D eigenvalue weighted by Gasteiger charge is -2.24. The molecule has 0 saturated heterocycles. The number of fused-ring (bicyclic) bond motifs is 3. The molecule has 0 saturated carbocycles. The van der Waals surface area contributed by atoms with E-state index in [0.29, 0.717) is 41.4 Å². The molecule has 5 rings (SSSR count). The smallest absolute Gasteiger partial charge is 0.203 e. The second kappa shape index (κ2) is 9.72. The number of Topliss-reactive ketones (excluding diaryl/α,β-unsaturated/α-hetero) is 1. The number of carbonyl (C=O) groups excluding carboxylic acids is 1. The van der Waals surface area contributed by atoms with E-state index in [1.165, 1.54) is 0 Å². The first-order valence-electron chi connectivity index (χ1n) is 12.2. The van der Waals surface area contributed by atoms with Crippen molar-refractivity contribution in [3.05, 3.63) is 59.0 Å². The molecular formula is C28H30N4O5. The fraction of sp³-hybridized carbons (Fsp3) is 0.357. The molecule has 2 heterocycles. The zero-order valence-corrected chi connectivity index (χ0v) is 21.9. The van der Waals surface area contributed by atoms with E-state index in [-0.39, 0.29) is 17.6 Å². The van der Waals surface area contributed by atoms with Gasteiger partial charge in [-0.05, 0) is 53.6 Å². The van der Waals surface area contributed by atoms with E-state index >= 15 is 0 Å². The summed E-state index contributed by atoms with van der Waals surface area (Å²) in [5.41, 5.74) is 5.45. The molecule has 0 amide bonds. The van der Waals surface area contributed by atoms with E-state index in [2.05, 4.69) is 24.0 Å². The Labute approximate surface area is 215 Å². The molecule has 0 N–H and O–H groups in total. The number of rotatable bonds is 7. The summed E-state index contributed by atoms with van der Waals surface area (Å²) < 4.78 is 23.7. The number of nitrogens with zero attached hydrogens (tertiary/aromatic N) is 4. The second-order valence-electron chi connectivity index (χ2n) is 9.36. The zero-order valence-electron chi connectivity index (χ0n) is 21.9. The van der Waals surface area contributed by atoms with Gasteiger partial charge in [-0.1, -0.05) is 26.0 Å². The standard InChI is InChI=1S/C28H30N4O5/c1-15(2)25-24(16-7-9-19(34-3)10-8-16)28-30-29-26-20(32(28)31-25)11-17(12-21(26)33)18-13-22(35-4)27(37-6)23(14-18)36-5/h7-10,13-15,17H,11-12H2,1-6H3/t17-/m0/s1. The van der Waals surface area contributed by atoms with Gasteiger partial charge >= 0.3 is 0 Å². The number of benzene rings is 2. The molecule has 0 fully saturated rings. The van der Waals surface area contributed by atoms with E-state index in [4.69, 9.17) is 24.0 Å². The molecule has 37 heavy (non-hydrogen) atoms. The monoisotopic (exact) mass is 502 g/mol. The summed E-state index contributed by atoms with van der Waals surface area (Å²) in [5.74, 6) is 2.35. The van der Waals surface area contributed by atoms with Crippen molar-refractivity contribution < 1.29 is 23.7 Å². The van der Waals surface area contributed by atoms with E-state index in [1.54, 1.807) is 33.0 Å². The van der Waals surface area contributed by atoms with Gasteiger partial charge < -0.3 is 18.9 Å². The SMILES string of the molecule is COc1ccc(-c2c(C(C)C)nn3c4c(nnc23)C(=O)C[C@@H](c2cc(OC)c(OC)c(OC)c2)C4)cc1. The van der Waals surface area contributed by atoms with Gasteiger partial charge in [-0.3, -0.25) is 4.79 Å². The lowest BCUT2D eigenvalue weighted by molar-refractivity contribution is 0.0955. The molecule has 4 aromatic rings. The lowest BCUT2D eigenvalue weighted by atomic mass is 9.83. The third-order valence-electron chi connectivity index (χ3n) is 6.88. The first-order valence-corrected chi connectivity index (χ1v) is 12.2. The molecule has 0 spiro atoms. The quantitative estimate of drug-likeness (QED) is 0.353. The molecule has 1 atom stereocenters. The highest BCUT2D eigenvalue weighted by molar-refractivity contribution is 5.97. The Bertz CT molecular complexity index is 1450. The molecule has 9 heteroatoms. The van der Waals surface area contributed by atoms with Crippen molar-refractivity contribution in [1.82, 2.24) is 19.8 Å². The highest BCUT2D eigenvalue weighted by atomic mass is 16.5. The Morgan fingerprint density at radius 1 is 0.892 bits per heavy atom. The molecule has 192 valence electrons. The van der Waals surface area contributed by atoms with Crippen LogP contribution < -0.4 is 18.9 Å². The Hall–Kier alpha value is -4.14. The summed E-state index contributed by atoms with van der Waals surface area (Å²) in [6, 6.07) is 11.6. The van der Waals surface area contributed by atoms with E-state index < -0.39 is 0 Å². The minimum Gasteiger partial charge on any atom is -0.497 e. The van der Waals surface area contributed by atoms with Crippen molar-refractivity contribution in [1.29, 1.82) is 0 Å². The predicted octanol–water partition coefficient (Wildman–Crippen LogP) is 4.86. The fourth-order valence-corrected chi connectivity index (χ4v) is 5.00. The Morgan fingerprint density at radius 3 is 2.14 bits per heavy atom. The first-order chi connectivity index (χ1) is 17.9. The number of hydrogen-bond acceptors (Lipinski definition) is 8. The Balaban J connectivity index is 1.65. The lowest BCUT2D eigenvalue weighted by Crippen LogP contribution is -2.24. The van der Waals surface area contributed by atoms with Crippen molar-refractivity contribution in [2.45, 2.75) is 38.5 Å². The molecule has 2 aromatic heterocycles. The van der Waals surface area contributed by atoms with Gasteiger partial charge in [-0.25, -0.2) is 4.52 Å². The maximum Gasteiger partial charge on any atom is 0.203 e. The minimum atomic E-state index is -0.114. The van der Waals surface area contributed by atoms with Gasteiger partial charge in [-0.2, -0.15) is 5.10 Å². The largest absolute Gasteiger partial charge is 0.497 e. The predicted molar refractivity (Wildman–Crippen MR) is 138 cm³/mol. The number of hydrogen-bond donors (Lipinski definition) is 0. The molecule has 0 unspecified atom stereocenters. The summed E-state index contributed by atoms with van der Waals surface area (Å²) >= 11 is 0. The third-order valence-corrected chi connectivity index (χ3v) is 6.88. The van der Waals surface area contributed by atoms with Crippen LogP contribution in [0.15, 0.2) is 36.4 Å². The maximum atomic E-state index is 13.3. The van der Waals surface area contributed by atoms with Crippen molar-refractivity contribution in [2.24, 2.45) is 0 Å². The van der Waals surface area contributed by atoms with E-state index in [0.717, 1.165) is 33.8 Å². The van der Waals surface area contributed by atoms with Crippen LogP contribution in [0.5, 0.6) is 23.0 Å². The van der Waals surface area contributed by atoms with Crippen molar-refractivity contribution in [3.8, 4) is 34.1 Å². The number of ketones is 1. The van der Waals surface area contributed by atoms with Crippen molar-refractivity contribution in [2.75, 3.05) is 28.4 Å². The van der Waals surface area contributed by atoms with E-state index in [9.17, 15) is 4.79 Å². The highest BCUT2D eigenvalue weighted by Gasteiger charge is 2.33. The molecule has 9 nitrogen and oxygen atoms in total. The van der Waals surface area contributed by atoms with Crippen LogP contribution in [-0.4, -0.2) is 54.0 Å². The van der Waals surface area contributed by atoms with Gasteiger partial charge in [0.15, 0.2) is 28.6 Å². The normalized spacial score (nSPS) is 15.1. The van der Waals surface area contributed by atoms with Crippen LogP contribution in [0.4, 0.5) is 0 Å². The highest BCUT2D eigenvalue weighted by Crippen LogP contribution is 2.43. The number of carbonyl (C=O) groups is 1. The molecule has 0 aliphatic heterocycles. The zero-order chi connectivity index (χ0) is 26.3. The third kappa shape index (κ3) is 4.14. The number of ether oxygens (including phenoxy) is 4. The molecule has 2 aromatic carbocycles. The molecular weight excluding hydrogens is 472 g/mol. The molecule has 0 bridgehead atoms. The van der Waals surface area contributed by atoms with Gasteiger partial charge in [0.1, 0.15) is 5.75 Å². The molecule has 1 aliphatic rings. The molecule has 1 aliphatic carbocycles. The van der Waals surface area contributed by atoms with Crippen LogP contribution in [0.3, 0.4) is 0 Å². The van der Waals surface area contributed by atoms with Gasteiger partial charge in [0, 0.05) is 6.42 Å². The topological polar surface area (TPSA) is 97.1 Å². The fourth-order valence-electron chi connectivity index (χ4n) is 5.00. The summed E-state index contributed by atoms with van der Waals surface area (Å²) in [6.45, 7) is 4.19.